The molecule has 0 spiro atoms. The topological polar surface area (TPSA) is 51.4 Å². The number of carbonyl (C=O) groups is 1. The molecule has 1 aliphatic rings. The molecule has 1 aliphatic heterocycles. The molecule has 0 aliphatic carbocycles. The minimum atomic E-state index is 0.0687. The van der Waals surface area contributed by atoms with Crippen molar-refractivity contribution in [3.63, 3.8) is 0 Å². The normalized spacial score (nSPS) is 16.4. The number of rotatable bonds is 3. The molecule has 0 bridgehead atoms. The fraction of sp³-hybridized carbons (Fsp3) is 0.400. The number of benzene rings is 1. The molecule has 6 heteroatoms. The van der Waals surface area contributed by atoms with E-state index in [1.54, 1.807) is 7.05 Å². The van der Waals surface area contributed by atoms with Crippen LogP contribution in [0.4, 0.5) is 5.69 Å². The van der Waals surface area contributed by atoms with Gasteiger partial charge in [0.25, 0.3) is 0 Å². The van der Waals surface area contributed by atoms with Gasteiger partial charge in [0.15, 0.2) is 0 Å². The Balaban J connectivity index is 1.74. The van der Waals surface area contributed by atoms with Crippen LogP contribution >= 0.6 is 11.6 Å². The summed E-state index contributed by atoms with van der Waals surface area (Å²) < 4.78 is 0. The molecule has 1 aromatic carbocycles. The summed E-state index contributed by atoms with van der Waals surface area (Å²) in [6.45, 7) is 4.03. The number of aromatic nitrogens is 1. The first-order valence-corrected chi connectivity index (χ1v) is 7.49. The Hall–Kier alpha value is -1.72. The summed E-state index contributed by atoms with van der Waals surface area (Å²) >= 11 is 6.21. The average Bonchev–Trinajstić information content (AvgIpc) is 2.95. The zero-order chi connectivity index (χ0) is 14.8. The monoisotopic (exact) mass is 306 g/mol. The molecule has 112 valence electrons. The maximum Gasteiger partial charge on any atom is 0.233 e. The zero-order valence-corrected chi connectivity index (χ0v) is 12.8. The number of H-pyrrole nitrogens is 1. The van der Waals surface area contributed by atoms with Crippen LogP contribution in [-0.2, 0) is 4.79 Å². The Morgan fingerprint density at radius 1 is 1.33 bits per heavy atom. The summed E-state index contributed by atoms with van der Waals surface area (Å²) in [4.78, 5) is 19.1. The first-order chi connectivity index (χ1) is 10.2. The average molecular weight is 307 g/mol. The molecule has 0 unspecified atom stereocenters. The molecule has 0 radical (unpaired) electrons. The summed E-state index contributed by atoms with van der Waals surface area (Å²) in [5.41, 5.74) is 2.23. The van der Waals surface area contributed by atoms with Crippen molar-refractivity contribution in [2.75, 3.05) is 44.7 Å². The maximum absolute atomic E-state index is 11.4. The number of nitrogens with one attached hydrogen (secondary N) is 2. The number of carbonyl (C=O) groups excluding carboxylic acids is 1. The highest BCUT2D eigenvalue weighted by Gasteiger charge is 2.20. The van der Waals surface area contributed by atoms with Gasteiger partial charge in [-0.1, -0.05) is 11.6 Å². The Labute approximate surface area is 128 Å². The van der Waals surface area contributed by atoms with E-state index in [2.05, 4.69) is 26.2 Å². The number of hydrogen-bond acceptors (Lipinski definition) is 3. The number of aromatic amines is 1. The SMILES string of the molecule is CNC(=O)CN1CCN(c2cc(Cl)cc3[nH]ccc23)CC1. The van der Waals surface area contributed by atoms with Gasteiger partial charge in [0.2, 0.25) is 5.91 Å². The lowest BCUT2D eigenvalue weighted by Crippen LogP contribution is -2.49. The quantitative estimate of drug-likeness (QED) is 0.907. The number of fused-ring (bicyclic) bond motifs is 1. The fourth-order valence-corrected chi connectivity index (χ4v) is 3.02. The lowest BCUT2D eigenvalue weighted by molar-refractivity contribution is -0.121. The molecular formula is C15H19ClN4O. The number of piperazine rings is 1. The largest absolute Gasteiger partial charge is 0.368 e. The van der Waals surface area contributed by atoms with Crippen LogP contribution in [0.15, 0.2) is 24.4 Å². The number of anilines is 1. The minimum absolute atomic E-state index is 0.0687. The number of nitrogens with zero attached hydrogens (tertiary/aromatic N) is 2. The molecule has 3 rings (SSSR count). The molecule has 2 N–H and O–H groups in total. The van der Waals surface area contributed by atoms with Crippen LogP contribution in [0.1, 0.15) is 0 Å². The summed E-state index contributed by atoms with van der Waals surface area (Å²) in [5.74, 6) is 0.0687. The highest BCUT2D eigenvalue weighted by Crippen LogP contribution is 2.30. The van der Waals surface area contributed by atoms with E-state index in [0.717, 1.165) is 36.7 Å². The molecule has 1 amide bonds. The van der Waals surface area contributed by atoms with Crippen LogP contribution in [-0.4, -0.2) is 55.6 Å². The molecule has 2 aromatic rings. The number of amides is 1. The highest BCUT2D eigenvalue weighted by molar-refractivity contribution is 6.31. The van der Waals surface area contributed by atoms with Crippen LogP contribution in [0.5, 0.6) is 0 Å². The van der Waals surface area contributed by atoms with Gasteiger partial charge in [-0.2, -0.15) is 0 Å². The van der Waals surface area contributed by atoms with Crippen molar-refractivity contribution < 1.29 is 4.79 Å². The van der Waals surface area contributed by atoms with E-state index in [9.17, 15) is 4.79 Å². The van der Waals surface area contributed by atoms with Crippen molar-refractivity contribution in [1.29, 1.82) is 0 Å². The van der Waals surface area contributed by atoms with Gasteiger partial charge in [-0.25, -0.2) is 0 Å². The molecule has 5 nitrogen and oxygen atoms in total. The van der Waals surface area contributed by atoms with Crippen LogP contribution in [0.2, 0.25) is 5.02 Å². The second-order valence-corrected chi connectivity index (χ2v) is 5.74. The van der Waals surface area contributed by atoms with Crippen LogP contribution in [0.25, 0.3) is 10.9 Å². The van der Waals surface area contributed by atoms with Gasteiger partial charge < -0.3 is 15.2 Å². The molecule has 0 saturated carbocycles. The van der Waals surface area contributed by atoms with Gasteiger partial charge in [0.05, 0.1) is 6.54 Å². The van der Waals surface area contributed by atoms with E-state index in [1.807, 2.05) is 18.3 Å². The lowest BCUT2D eigenvalue weighted by atomic mass is 10.1. The standard InChI is InChI=1S/C15H19ClN4O/c1-17-15(21)10-19-4-6-20(7-5-19)14-9-11(16)8-13-12(14)2-3-18-13/h2-3,8-9,18H,4-7,10H2,1H3,(H,17,21). The predicted octanol–water partition coefficient (Wildman–Crippen LogP) is 1.69. The lowest BCUT2D eigenvalue weighted by Gasteiger charge is -2.36. The summed E-state index contributed by atoms with van der Waals surface area (Å²) in [6, 6.07) is 6.05. The fourth-order valence-electron chi connectivity index (χ4n) is 2.80. The van der Waals surface area contributed by atoms with Crippen LogP contribution in [0.3, 0.4) is 0 Å². The smallest absolute Gasteiger partial charge is 0.233 e. The summed E-state index contributed by atoms with van der Waals surface area (Å²) in [6.07, 6.45) is 1.94. The molecule has 21 heavy (non-hydrogen) atoms. The van der Waals surface area contributed by atoms with Crippen molar-refractivity contribution in [3.05, 3.63) is 29.4 Å². The summed E-state index contributed by atoms with van der Waals surface area (Å²) in [5, 5.41) is 4.60. The molecule has 1 saturated heterocycles. The van der Waals surface area contributed by atoms with Crippen molar-refractivity contribution in [2.24, 2.45) is 0 Å². The molecular weight excluding hydrogens is 288 g/mol. The van der Waals surface area contributed by atoms with Crippen LogP contribution < -0.4 is 10.2 Å². The van der Waals surface area contributed by atoms with Gasteiger partial charge in [0, 0.05) is 61.0 Å². The maximum atomic E-state index is 11.4. The Kier molecular flexibility index (Phi) is 4.03. The predicted molar refractivity (Wildman–Crippen MR) is 86.0 cm³/mol. The van der Waals surface area contributed by atoms with E-state index in [0.29, 0.717) is 6.54 Å². The second-order valence-electron chi connectivity index (χ2n) is 5.30. The van der Waals surface area contributed by atoms with E-state index < -0.39 is 0 Å². The third-order valence-corrected chi connectivity index (χ3v) is 4.19. The first kappa shape index (κ1) is 14.2. The number of likely N-dealkylation sites (N-methyl/N-ethyl adjacent to an activating group) is 1. The van der Waals surface area contributed by atoms with Gasteiger partial charge in [0.1, 0.15) is 0 Å². The second kappa shape index (κ2) is 5.95. The first-order valence-electron chi connectivity index (χ1n) is 7.12. The van der Waals surface area contributed by atoms with E-state index in [-0.39, 0.29) is 5.91 Å². The van der Waals surface area contributed by atoms with Gasteiger partial charge in [-0.15, -0.1) is 0 Å². The Morgan fingerprint density at radius 2 is 2.10 bits per heavy atom. The molecule has 0 atom stereocenters. The van der Waals surface area contributed by atoms with Crippen LogP contribution in [0, 0.1) is 0 Å². The Bertz CT molecular complexity index is 646. The Morgan fingerprint density at radius 3 is 2.81 bits per heavy atom. The van der Waals surface area contributed by atoms with Crippen molar-refractivity contribution in [1.82, 2.24) is 15.2 Å². The number of halogens is 1. The van der Waals surface area contributed by atoms with Crippen molar-refractivity contribution in [3.8, 4) is 0 Å². The third-order valence-electron chi connectivity index (χ3n) is 3.97. The van der Waals surface area contributed by atoms with E-state index in [1.165, 1.54) is 11.1 Å². The van der Waals surface area contributed by atoms with E-state index in [4.69, 9.17) is 11.6 Å². The third kappa shape index (κ3) is 2.99. The highest BCUT2D eigenvalue weighted by atomic mass is 35.5. The number of hydrogen-bond donors (Lipinski definition) is 2. The molecule has 1 fully saturated rings. The minimum Gasteiger partial charge on any atom is -0.368 e. The van der Waals surface area contributed by atoms with Gasteiger partial charge in [-0.05, 0) is 18.2 Å². The van der Waals surface area contributed by atoms with Crippen molar-refractivity contribution >= 4 is 34.1 Å². The van der Waals surface area contributed by atoms with E-state index >= 15 is 0 Å². The molecule has 2 heterocycles. The van der Waals surface area contributed by atoms with Gasteiger partial charge >= 0.3 is 0 Å². The van der Waals surface area contributed by atoms with Crippen molar-refractivity contribution in [2.45, 2.75) is 0 Å². The summed E-state index contributed by atoms with van der Waals surface area (Å²) in [7, 11) is 1.67. The molecule has 1 aromatic heterocycles. The zero-order valence-electron chi connectivity index (χ0n) is 12.0. The van der Waals surface area contributed by atoms with Gasteiger partial charge in [-0.3, -0.25) is 9.69 Å².